The highest BCUT2D eigenvalue weighted by molar-refractivity contribution is 5.94. The molecule has 1 aliphatic carbocycles. The van der Waals surface area contributed by atoms with Gasteiger partial charge in [0.15, 0.2) is 0 Å². The van der Waals surface area contributed by atoms with E-state index in [1.54, 1.807) is 4.90 Å². The highest BCUT2D eigenvalue weighted by Gasteiger charge is 2.26. The molecule has 1 aromatic rings. The van der Waals surface area contributed by atoms with Gasteiger partial charge in [-0.25, -0.2) is 0 Å². The van der Waals surface area contributed by atoms with Gasteiger partial charge in [-0.05, 0) is 44.2 Å². The molecule has 5 nitrogen and oxygen atoms in total. The largest absolute Gasteiger partial charge is 0.333 e. The van der Waals surface area contributed by atoms with Crippen LogP contribution in [0.4, 0.5) is 0 Å². The van der Waals surface area contributed by atoms with E-state index >= 15 is 0 Å². The zero-order valence-electron chi connectivity index (χ0n) is 12.3. The average Bonchev–Trinajstić information content (AvgIpc) is 2.46. The number of pyridine rings is 1. The van der Waals surface area contributed by atoms with E-state index in [1.165, 1.54) is 0 Å². The Morgan fingerprint density at radius 1 is 1.33 bits per heavy atom. The molecule has 0 aromatic carbocycles. The Bertz CT molecular complexity index is 585. The highest BCUT2D eigenvalue weighted by Crippen LogP contribution is 2.19. The molecule has 3 rings (SSSR count). The summed E-state index contributed by atoms with van der Waals surface area (Å²) in [6.45, 7) is 4.25. The van der Waals surface area contributed by atoms with Crippen LogP contribution in [0.15, 0.2) is 10.9 Å². The van der Waals surface area contributed by atoms with Gasteiger partial charge in [0, 0.05) is 31.4 Å². The lowest BCUT2D eigenvalue weighted by molar-refractivity contribution is 0.0653. The lowest BCUT2D eigenvalue weighted by Crippen LogP contribution is -2.53. The van der Waals surface area contributed by atoms with Crippen LogP contribution in [0.2, 0.25) is 0 Å². The number of aromatic amines is 1. The topological polar surface area (TPSA) is 65.2 Å². The number of aromatic nitrogens is 1. The van der Waals surface area contributed by atoms with Crippen LogP contribution in [-0.4, -0.2) is 41.5 Å². The number of hydrogen-bond donors (Lipinski definition) is 2. The van der Waals surface area contributed by atoms with Crippen LogP contribution in [0.5, 0.6) is 0 Å². The Morgan fingerprint density at radius 2 is 2.10 bits per heavy atom. The van der Waals surface area contributed by atoms with Gasteiger partial charge in [-0.3, -0.25) is 9.59 Å². The van der Waals surface area contributed by atoms with Gasteiger partial charge >= 0.3 is 0 Å². The molecule has 1 amide bonds. The summed E-state index contributed by atoms with van der Waals surface area (Å²) in [6.07, 6.45) is 4.13. The summed E-state index contributed by atoms with van der Waals surface area (Å²) in [6, 6.07) is 1.96. The number of halogens is 1. The Morgan fingerprint density at radius 3 is 2.86 bits per heavy atom. The molecule has 2 heterocycles. The standard InChI is InChI=1S/C15H21N3O2.ClH/c1-10-9-16-6-7-18(10)15(20)12-8-11-4-2-3-5-13(11)17-14(12)19;/h8,10,16H,2-7,9H2,1H3,(H,17,19);1H/t10-;/m0./s1. The minimum absolute atomic E-state index is 0. The average molecular weight is 312 g/mol. The molecular weight excluding hydrogens is 290 g/mol. The molecule has 1 aliphatic heterocycles. The van der Waals surface area contributed by atoms with Crippen molar-refractivity contribution in [1.82, 2.24) is 15.2 Å². The molecule has 0 saturated carbocycles. The number of rotatable bonds is 1. The fourth-order valence-corrected chi connectivity index (χ4v) is 3.13. The van der Waals surface area contributed by atoms with E-state index in [0.717, 1.165) is 50.0 Å². The van der Waals surface area contributed by atoms with E-state index in [9.17, 15) is 9.59 Å². The van der Waals surface area contributed by atoms with E-state index in [1.807, 2.05) is 13.0 Å². The van der Waals surface area contributed by atoms with Gasteiger partial charge in [-0.2, -0.15) is 0 Å². The van der Waals surface area contributed by atoms with Crippen LogP contribution in [0, 0.1) is 0 Å². The number of carbonyl (C=O) groups excluding carboxylic acids is 1. The first-order valence-corrected chi connectivity index (χ1v) is 7.43. The van der Waals surface area contributed by atoms with Crippen molar-refractivity contribution in [2.24, 2.45) is 0 Å². The predicted octanol–water partition coefficient (Wildman–Crippen LogP) is 1.11. The molecule has 1 fully saturated rings. The number of piperazine rings is 1. The number of aryl methyl sites for hydroxylation is 2. The van der Waals surface area contributed by atoms with Crippen molar-refractivity contribution in [1.29, 1.82) is 0 Å². The Balaban J connectivity index is 0.00000161. The van der Waals surface area contributed by atoms with Crippen LogP contribution in [0.25, 0.3) is 0 Å². The molecule has 21 heavy (non-hydrogen) atoms. The number of hydrogen-bond acceptors (Lipinski definition) is 3. The second-order valence-corrected chi connectivity index (χ2v) is 5.77. The number of H-pyrrole nitrogens is 1. The van der Waals surface area contributed by atoms with Crippen LogP contribution in [-0.2, 0) is 12.8 Å². The van der Waals surface area contributed by atoms with Crippen LogP contribution in [0.3, 0.4) is 0 Å². The van der Waals surface area contributed by atoms with E-state index in [-0.39, 0.29) is 29.9 Å². The number of nitrogens with zero attached hydrogens (tertiary/aromatic N) is 1. The molecule has 1 saturated heterocycles. The van der Waals surface area contributed by atoms with Crippen molar-refractivity contribution in [3.63, 3.8) is 0 Å². The smallest absolute Gasteiger partial charge is 0.261 e. The van der Waals surface area contributed by atoms with E-state index in [0.29, 0.717) is 12.1 Å². The summed E-state index contributed by atoms with van der Waals surface area (Å²) in [5.74, 6) is -0.131. The first kappa shape index (κ1) is 16.0. The summed E-state index contributed by atoms with van der Waals surface area (Å²) in [5.41, 5.74) is 2.23. The molecular formula is C15H22ClN3O2. The van der Waals surface area contributed by atoms with Crippen molar-refractivity contribution >= 4 is 18.3 Å². The van der Waals surface area contributed by atoms with Crippen molar-refractivity contribution in [3.05, 3.63) is 33.2 Å². The Kier molecular flexibility index (Phi) is 5.06. The third kappa shape index (κ3) is 3.14. The molecule has 116 valence electrons. The van der Waals surface area contributed by atoms with Gasteiger partial charge in [-0.15, -0.1) is 12.4 Å². The maximum absolute atomic E-state index is 12.6. The molecule has 0 spiro atoms. The van der Waals surface area contributed by atoms with Crippen molar-refractivity contribution in [2.75, 3.05) is 19.6 Å². The minimum atomic E-state index is -0.235. The van der Waals surface area contributed by atoms with Gasteiger partial charge in [0.2, 0.25) is 0 Å². The monoisotopic (exact) mass is 311 g/mol. The molecule has 0 unspecified atom stereocenters. The molecule has 2 N–H and O–H groups in total. The van der Waals surface area contributed by atoms with Crippen LogP contribution in [0.1, 0.15) is 41.4 Å². The van der Waals surface area contributed by atoms with Gasteiger partial charge in [0.1, 0.15) is 5.56 Å². The normalized spacial score (nSPS) is 21.4. The molecule has 0 radical (unpaired) electrons. The minimum Gasteiger partial charge on any atom is -0.333 e. The van der Waals surface area contributed by atoms with E-state index in [4.69, 9.17) is 0 Å². The van der Waals surface area contributed by atoms with Crippen molar-refractivity contribution < 1.29 is 4.79 Å². The number of fused-ring (bicyclic) bond motifs is 1. The third-order valence-corrected chi connectivity index (χ3v) is 4.33. The van der Waals surface area contributed by atoms with Gasteiger partial charge in [-0.1, -0.05) is 0 Å². The zero-order valence-corrected chi connectivity index (χ0v) is 13.1. The highest BCUT2D eigenvalue weighted by atomic mass is 35.5. The van der Waals surface area contributed by atoms with Gasteiger partial charge in [0.25, 0.3) is 11.5 Å². The predicted molar refractivity (Wildman–Crippen MR) is 84.3 cm³/mol. The second kappa shape index (κ2) is 6.62. The molecule has 6 heteroatoms. The number of nitrogens with one attached hydrogen (secondary N) is 2. The number of carbonyl (C=O) groups is 1. The summed E-state index contributed by atoms with van der Waals surface area (Å²) >= 11 is 0. The second-order valence-electron chi connectivity index (χ2n) is 5.77. The molecule has 1 aromatic heterocycles. The number of amides is 1. The summed E-state index contributed by atoms with van der Waals surface area (Å²) < 4.78 is 0. The maximum atomic E-state index is 12.6. The first-order valence-electron chi connectivity index (χ1n) is 7.43. The van der Waals surface area contributed by atoms with Gasteiger partial charge < -0.3 is 15.2 Å². The summed E-state index contributed by atoms with van der Waals surface area (Å²) in [5, 5.41) is 3.26. The molecule has 0 bridgehead atoms. The van der Waals surface area contributed by atoms with E-state index < -0.39 is 0 Å². The summed E-state index contributed by atoms with van der Waals surface area (Å²) in [7, 11) is 0. The first-order chi connectivity index (χ1) is 9.66. The fraction of sp³-hybridized carbons (Fsp3) is 0.600. The third-order valence-electron chi connectivity index (χ3n) is 4.33. The summed E-state index contributed by atoms with van der Waals surface area (Å²) in [4.78, 5) is 29.5. The van der Waals surface area contributed by atoms with Gasteiger partial charge in [0.05, 0.1) is 0 Å². The molecule has 2 aliphatic rings. The maximum Gasteiger partial charge on any atom is 0.261 e. The van der Waals surface area contributed by atoms with Crippen LogP contribution >= 0.6 is 12.4 Å². The quantitative estimate of drug-likeness (QED) is 0.816. The van der Waals surface area contributed by atoms with Crippen LogP contribution < -0.4 is 10.9 Å². The SMILES string of the molecule is C[C@H]1CNCCN1C(=O)c1cc2c([nH]c1=O)CCCC2.Cl. The van der Waals surface area contributed by atoms with E-state index in [2.05, 4.69) is 10.3 Å². The van der Waals surface area contributed by atoms with Crippen molar-refractivity contribution in [3.8, 4) is 0 Å². The molecule has 1 atom stereocenters. The lowest BCUT2D eigenvalue weighted by Gasteiger charge is -2.34. The Labute approximate surface area is 130 Å². The lowest BCUT2D eigenvalue weighted by atomic mass is 9.94. The fourth-order valence-electron chi connectivity index (χ4n) is 3.13. The zero-order chi connectivity index (χ0) is 14.1. The van der Waals surface area contributed by atoms with Crippen molar-refractivity contribution in [2.45, 2.75) is 38.6 Å². The Hall–Kier alpha value is -1.33.